The molecule has 0 aliphatic carbocycles. The van der Waals surface area contributed by atoms with Gasteiger partial charge in [0, 0.05) is 5.56 Å². The van der Waals surface area contributed by atoms with E-state index in [0.717, 1.165) is 17.2 Å². The molecule has 4 rings (SSSR count). The summed E-state index contributed by atoms with van der Waals surface area (Å²) in [4.78, 5) is 4.25. The van der Waals surface area contributed by atoms with Crippen molar-refractivity contribution in [2.75, 3.05) is 0 Å². The monoisotopic (exact) mass is 407 g/mol. The number of halogens is 3. The van der Waals surface area contributed by atoms with Crippen molar-refractivity contribution < 1.29 is 22.7 Å². The molecule has 0 amide bonds. The summed E-state index contributed by atoms with van der Waals surface area (Å²) in [5.74, 6) is 0.346. The van der Waals surface area contributed by atoms with Crippen LogP contribution in [-0.2, 0) is 6.18 Å². The Morgan fingerprint density at radius 1 is 0.800 bits per heavy atom. The number of nitrogens with zero attached hydrogens (tertiary/aromatic N) is 1. The van der Waals surface area contributed by atoms with Crippen LogP contribution in [0.1, 0.15) is 11.3 Å². The number of rotatable bonds is 4. The minimum Gasteiger partial charge on any atom is -0.506 e. The first-order chi connectivity index (χ1) is 14.4. The molecule has 0 aliphatic heterocycles. The fourth-order valence-electron chi connectivity index (χ4n) is 3.08. The van der Waals surface area contributed by atoms with Crippen LogP contribution in [-0.4, -0.2) is 11.3 Å². The molecule has 0 spiro atoms. The molecule has 6 heteroatoms. The maximum Gasteiger partial charge on any atom is 0.417 e. The van der Waals surface area contributed by atoms with E-state index < -0.39 is 11.7 Å². The largest absolute Gasteiger partial charge is 0.506 e. The number of phenols is 1. The molecular formula is C24H16F3NO2. The minimum atomic E-state index is -4.48. The zero-order valence-corrected chi connectivity index (χ0v) is 15.6. The van der Waals surface area contributed by atoms with Gasteiger partial charge in [0.1, 0.15) is 23.0 Å². The highest BCUT2D eigenvalue weighted by Crippen LogP contribution is 2.37. The smallest absolute Gasteiger partial charge is 0.417 e. The zero-order chi connectivity index (χ0) is 21.1. The maximum atomic E-state index is 13.2. The molecule has 1 N–H and O–H groups in total. The van der Waals surface area contributed by atoms with Crippen LogP contribution < -0.4 is 0 Å². The number of aromatic hydroxyl groups is 1. The summed E-state index contributed by atoms with van der Waals surface area (Å²) >= 11 is 0. The van der Waals surface area contributed by atoms with Crippen LogP contribution in [0.4, 0.5) is 18.9 Å². The van der Waals surface area contributed by atoms with Crippen LogP contribution in [0.3, 0.4) is 0 Å². The van der Waals surface area contributed by atoms with E-state index in [9.17, 15) is 18.3 Å². The van der Waals surface area contributed by atoms with Crippen molar-refractivity contribution in [2.45, 2.75) is 6.18 Å². The van der Waals surface area contributed by atoms with Crippen molar-refractivity contribution in [3.63, 3.8) is 0 Å². The molecule has 3 nitrogen and oxygen atoms in total. The van der Waals surface area contributed by atoms with Gasteiger partial charge in [-0.25, -0.2) is 4.99 Å². The highest BCUT2D eigenvalue weighted by Gasteiger charge is 2.34. The lowest BCUT2D eigenvalue weighted by Gasteiger charge is -2.10. The van der Waals surface area contributed by atoms with Crippen molar-refractivity contribution in [3.05, 3.63) is 96.3 Å². The first-order valence-electron chi connectivity index (χ1n) is 9.11. The Kier molecular flexibility index (Phi) is 5.14. The van der Waals surface area contributed by atoms with Gasteiger partial charge in [0.2, 0.25) is 0 Å². The van der Waals surface area contributed by atoms with Gasteiger partial charge in [0.05, 0.1) is 11.8 Å². The highest BCUT2D eigenvalue weighted by atomic mass is 19.4. The SMILES string of the molecule is Oc1ccc(-c2ccccc2)cc1/N=C/c1ccc(-c2ccccc2C(F)(F)F)o1. The van der Waals surface area contributed by atoms with Gasteiger partial charge in [0.25, 0.3) is 0 Å². The third kappa shape index (κ3) is 4.12. The maximum absolute atomic E-state index is 13.2. The number of hydrogen-bond donors (Lipinski definition) is 1. The highest BCUT2D eigenvalue weighted by molar-refractivity contribution is 5.82. The topological polar surface area (TPSA) is 45.7 Å². The van der Waals surface area contributed by atoms with E-state index in [1.165, 1.54) is 36.5 Å². The second-order valence-corrected chi connectivity index (χ2v) is 6.57. The van der Waals surface area contributed by atoms with Crippen molar-refractivity contribution in [2.24, 2.45) is 4.99 Å². The van der Waals surface area contributed by atoms with E-state index in [2.05, 4.69) is 4.99 Å². The molecule has 0 fully saturated rings. The van der Waals surface area contributed by atoms with Gasteiger partial charge in [-0.15, -0.1) is 0 Å². The van der Waals surface area contributed by atoms with Gasteiger partial charge < -0.3 is 9.52 Å². The predicted molar refractivity (Wildman–Crippen MR) is 110 cm³/mol. The molecule has 0 unspecified atom stereocenters. The average molecular weight is 407 g/mol. The lowest BCUT2D eigenvalue weighted by Crippen LogP contribution is -2.06. The number of aliphatic imine (C=N–C) groups is 1. The molecule has 1 heterocycles. The Morgan fingerprint density at radius 3 is 2.30 bits per heavy atom. The van der Waals surface area contributed by atoms with Crippen molar-refractivity contribution >= 4 is 11.9 Å². The normalized spacial score (nSPS) is 11.8. The first-order valence-corrected chi connectivity index (χ1v) is 9.11. The van der Waals surface area contributed by atoms with E-state index in [1.54, 1.807) is 18.2 Å². The van der Waals surface area contributed by atoms with Crippen LogP contribution in [0.5, 0.6) is 5.75 Å². The summed E-state index contributed by atoms with van der Waals surface area (Å²) in [7, 11) is 0. The summed E-state index contributed by atoms with van der Waals surface area (Å²) < 4.78 is 45.3. The Labute approximate surface area is 170 Å². The summed E-state index contributed by atoms with van der Waals surface area (Å²) in [6, 6.07) is 22.9. The number of furan rings is 1. The van der Waals surface area contributed by atoms with E-state index in [1.807, 2.05) is 30.3 Å². The third-order valence-electron chi connectivity index (χ3n) is 4.54. The van der Waals surface area contributed by atoms with E-state index >= 15 is 0 Å². The third-order valence-corrected chi connectivity index (χ3v) is 4.54. The van der Waals surface area contributed by atoms with Crippen molar-refractivity contribution in [1.29, 1.82) is 0 Å². The second-order valence-electron chi connectivity index (χ2n) is 6.57. The Hall–Kier alpha value is -3.80. The van der Waals surface area contributed by atoms with Gasteiger partial charge in [-0.05, 0) is 41.5 Å². The van der Waals surface area contributed by atoms with Gasteiger partial charge in [0.15, 0.2) is 0 Å². The predicted octanol–water partition coefficient (Wildman–Crippen LogP) is 7.09. The Balaban J connectivity index is 1.63. The fraction of sp³-hybridized carbons (Fsp3) is 0.0417. The van der Waals surface area contributed by atoms with E-state index in [-0.39, 0.29) is 22.8 Å². The molecule has 4 aromatic rings. The van der Waals surface area contributed by atoms with Crippen LogP contribution in [0.2, 0.25) is 0 Å². The van der Waals surface area contributed by atoms with Gasteiger partial charge in [-0.1, -0.05) is 54.6 Å². The van der Waals surface area contributed by atoms with E-state index in [0.29, 0.717) is 5.69 Å². The number of benzene rings is 3. The summed E-state index contributed by atoms with van der Waals surface area (Å²) in [6.45, 7) is 0. The summed E-state index contributed by atoms with van der Waals surface area (Å²) in [5, 5.41) is 10.1. The van der Waals surface area contributed by atoms with Crippen molar-refractivity contribution in [1.82, 2.24) is 0 Å². The summed E-state index contributed by atoms with van der Waals surface area (Å²) in [5.41, 5.74) is 1.36. The van der Waals surface area contributed by atoms with Crippen LogP contribution in [0.25, 0.3) is 22.5 Å². The number of phenolic OH excluding ortho intramolecular Hbond substituents is 1. The lowest BCUT2D eigenvalue weighted by molar-refractivity contribution is -0.137. The molecule has 1 aromatic heterocycles. The number of alkyl halides is 3. The Bertz CT molecular complexity index is 1190. The molecule has 0 atom stereocenters. The average Bonchev–Trinajstić information content (AvgIpc) is 3.22. The molecule has 0 saturated heterocycles. The fourth-order valence-corrected chi connectivity index (χ4v) is 3.08. The molecule has 0 radical (unpaired) electrons. The van der Waals surface area contributed by atoms with Gasteiger partial charge >= 0.3 is 6.18 Å². The standard InChI is InChI=1S/C24H16F3NO2/c25-24(26,27)20-9-5-4-8-19(20)23-13-11-18(30-23)15-28-21-14-17(10-12-22(21)29)16-6-2-1-3-7-16/h1-15,29H/b28-15+. The van der Waals surface area contributed by atoms with Gasteiger partial charge in [-0.3, -0.25) is 0 Å². The molecule has 3 aromatic carbocycles. The quantitative estimate of drug-likeness (QED) is 0.367. The molecule has 0 bridgehead atoms. The molecular weight excluding hydrogens is 391 g/mol. The lowest BCUT2D eigenvalue weighted by atomic mass is 10.1. The molecule has 0 aliphatic rings. The molecule has 30 heavy (non-hydrogen) atoms. The van der Waals surface area contributed by atoms with Crippen molar-refractivity contribution in [3.8, 4) is 28.2 Å². The molecule has 150 valence electrons. The Morgan fingerprint density at radius 2 is 1.53 bits per heavy atom. The minimum absolute atomic E-state index is 0.0138. The first kappa shape index (κ1) is 19.5. The van der Waals surface area contributed by atoms with E-state index in [4.69, 9.17) is 4.42 Å². The van der Waals surface area contributed by atoms with Crippen LogP contribution >= 0.6 is 0 Å². The van der Waals surface area contributed by atoms with Gasteiger partial charge in [-0.2, -0.15) is 13.2 Å². The molecule has 0 saturated carbocycles. The second kappa shape index (κ2) is 7.91. The summed E-state index contributed by atoms with van der Waals surface area (Å²) in [6.07, 6.45) is -3.12. The number of hydrogen-bond acceptors (Lipinski definition) is 3. The van der Waals surface area contributed by atoms with Crippen LogP contribution in [0, 0.1) is 0 Å². The van der Waals surface area contributed by atoms with Crippen LogP contribution in [0.15, 0.2) is 94.3 Å². The zero-order valence-electron chi connectivity index (χ0n) is 15.6.